The minimum Gasteiger partial charge on any atom is -0.323 e. The maximum atomic E-state index is 5.00. The fourth-order valence-corrected chi connectivity index (χ4v) is 0.607. The van der Waals surface area contributed by atoms with Gasteiger partial charge in [-0.2, -0.15) is 5.10 Å². The predicted octanol–water partition coefficient (Wildman–Crippen LogP) is 0.731. The van der Waals surface area contributed by atoms with Crippen molar-refractivity contribution in [3.8, 4) is 0 Å². The smallest absolute Gasteiger partial charge is 0.0375 e. The van der Waals surface area contributed by atoms with Crippen molar-refractivity contribution in [3.63, 3.8) is 0 Å². The Kier molecular flexibility index (Phi) is 1.01. The van der Waals surface area contributed by atoms with Gasteiger partial charge in [0.1, 0.15) is 0 Å². The molecule has 2 heteroatoms. The summed E-state index contributed by atoms with van der Waals surface area (Å²) in [5, 5.41) is 3.57. The topological polar surface area (TPSA) is 38.4 Å². The molecule has 0 spiro atoms. The minimum atomic E-state index is 0.741. The van der Waals surface area contributed by atoms with Crippen LogP contribution in [0.25, 0.3) is 0 Å². The number of nitrogens with two attached hydrogens (primary N) is 1. The van der Waals surface area contributed by atoms with Gasteiger partial charge in [-0.3, -0.25) is 0 Å². The van der Waals surface area contributed by atoms with E-state index in [-0.39, 0.29) is 0 Å². The van der Waals surface area contributed by atoms with Crippen molar-refractivity contribution in [2.45, 2.75) is 19.8 Å². The normalized spacial score (nSPS) is 22.7. The summed E-state index contributed by atoms with van der Waals surface area (Å²) < 4.78 is 0. The summed E-state index contributed by atoms with van der Waals surface area (Å²) in [6.45, 7) is 1.98. The Bertz CT molecular complexity index is 92.3. The number of hydrazone groups is 1. The standard InChI is InChI=1S/C5H10N2/c1-4(7-6)5-2-3-5/h5H,2-3,6H2,1H3/b7-4+. The molecule has 0 aromatic rings. The van der Waals surface area contributed by atoms with Crippen LogP contribution in [-0.4, -0.2) is 5.71 Å². The number of hydrogen-bond donors (Lipinski definition) is 1. The van der Waals surface area contributed by atoms with E-state index in [2.05, 4.69) is 5.10 Å². The fraction of sp³-hybridized carbons (Fsp3) is 0.800. The van der Waals surface area contributed by atoms with E-state index >= 15 is 0 Å². The lowest BCUT2D eigenvalue weighted by Gasteiger charge is -1.86. The van der Waals surface area contributed by atoms with Gasteiger partial charge >= 0.3 is 0 Å². The Morgan fingerprint density at radius 1 is 1.71 bits per heavy atom. The maximum Gasteiger partial charge on any atom is 0.0375 e. The first kappa shape index (κ1) is 4.62. The van der Waals surface area contributed by atoms with Crippen molar-refractivity contribution in [2.24, 2.45) is 16.9 Å². The molecule has 0 bridgehead atoms. The van der Waals surface area contributed by atoms with Crippen LogP contribution in [0.5, 0.6) is 0 Å². The molecule has 0 radical (unpaired) electrons. The molecular formula is C5H10N2. The summed E-state index contributed by atoms with van der Waals surface area (Å²) in [7, 11) is 0. The molecule has 0 aromatic carbocycles. The van der Waals surface area contributed by atoms with Gasteiger partial charge in [0.05, 0.1) is 0 Å². The van der Waals surface area contributed by atoms with Crippen LogP contribution in [-0.2, 0) is 0 Å². The second-order valence-corrected chi connectivity index (χ2v) is 2.04. The third kappa shape index (κ3) is 0.918. The molecule has 0 aliphatic heterocycles. The zero-order valence-corrected chi connectivity index (χ0v) is 4.52. The molecule has 1 rings (SSSR count). The highest BCUT2D eigenvalue weighted by Crippen LogP contribution is 2.29. The van der Waals surface area contributed by atoms with E-state index < -0.39 is 0 Å². The lowest BCUT2D eigenvalue weighted by Crippen LogP contribution is -1.96. The summed E-state index contributed by atoms with van der Waals surface area (Å²) in [5.41, 5.74) is 1.11. The van der Waals surface area contributed by atoms with E-state index in [1.807, 2.05) is 6.92 Å². The molecule has 0 aromatic heterocycles. The number of nitrogens with zero attached hydrogens (tertiary/aromatic N) is 1. The third-order valence-electron chi connectivity index (χ3n) is 1.37. The Hall–Kier alpha value is -0.530. The zero-order chi connectivity index (χ0) is 5.28. The van der Waals surface area contributed by atoms with E-state index in [1.54, 1.807) is 0 Å². The second kappa shape index (κ2) is 1.52. The molecule has 2 N–H and O–H groups in total. The summed E-state index contributed by atoms with van der Waals surface area (Å²) in [6.07, 6.45) is 2.60. The summed E-state index contributed by atoms with van der Waals surface area (Å²) in [6, 6.07) is 0. The van der Waals surface area contributed by atoms with Crippen molar-refractivity contribution < 1.29 is 0 Å². The molecule has 40 valence electrons. The predicted molar refractivity (Wildman–Crippen MR) is 30.0 cm³/mol. The van der Waals surface area contributed by atoms with Crippen molar-refractivity contribution in [2.75, 3.05) is 0 Å². The molecule has 1 aliphatic rings. The van der Waals surface area contributed by atoms with Crippen LogP contribution < -0.4 is 5.84 Å². The molecule has 2 nitrogen and oxygen atoms in total. The van der Waals surface area contributed by atoms with Crippen LogP contribution in [0, 0.1) is 5.92 Å². The Labute approximate surface area is 43.4 Å². The van der Waals surface area contributed by atoms with E-state index in [1.165, 1.54) is 12.8 Å². The third-order valence-corrected chi connectivity index (χ3v) is 1.37. The largest absolute Gasteiger partial charge is 0.323 e. The van der Waals surface area contributed by atoms with Gasteiger partial charge in [-0.1, -0.05) is 0 Å². The molecule has 1 saturated carbocycles. The molecule has 1 aliphatic carbocycles. The lowest BCUT2D eigenvalue weighted by molar-refractivity contribution is 1.11. The monoisotopic (exact) mass is 98.1 g/mol. The average Bonchev–Trinajstić information content (AvgIpc) is 2.44. The quantitative estimate of drug-likeness (QED) is 0.293. The van der Waals surface area contributed by atoms with Crippen molar-refractivity contribution >= 4 is 5.71 Å². The van der Waals surface area contributed by atoms with Crippen LogP contribution in [0.15, 0.2) is 5.10 Å². The molecule has 0 atom stereocenters. The van der Waals surface area contributed by atoms with Gasteiger partial charge in [0.2, 0.25) is 0 Å². The lowest BCUT2D eigenvalue weighted by atomic mass is 10.3. The van der Waals surface area contributed by atoms with Crippen molar-refractivity contribution in [1.82, 2.24) is 0 Å². The summed E-state index contributed by atoms with van der Waals surface area (Å²) in [4.78, 5) is 0. The molecule has 1 fully saturated rings. The van der Waals surface area contributed by atoms with Crippen LogP contribution >= 0.6 is 0 Å². The fourth-order valence-electron chi connectivity index (χ4n) is 0.607. The number of hydrogen-bond acceptors (Lipinski definition) is 2. The van der Waals surface area contributed by atoms with Gasteiger partial charge in [-0.15, -0.1) is 0 Å². The second-order valence-electron chi connectivity index (χ2n) is 2.04. The SMILES string of the molecule is C/C(=N\N)C1CC1. The van der Waals surface area contributed by atoms with Gasteiger partial charge in [-0.05, 0) is 25.7 Å². The first-order valence-electron chi connectivity index (χ1n) is 2.59. The van der Waals surface area contributed by atoms with E-state index in [0.717, 1.165) is 11.6 Å². The highest BCUT2D eigenvalue weighted by atomic mass is 15.1. The van der Waals surface area contributed by atoms with Crippen molar-refractivity contribution in [3.05, 3.63) is 0 Å². The minimum absolute atomic E-state index is 0.741. The van der Waals surface area contributed by atoms with Gasteiger partial charge in [-0.25, -0.2) is 0 Å². The molecule has 0 saturated heterocycles. The Morgan fingerprint density at radius 2 is 2.29 bits per heavy atom. The average molecular weight is 98.1 g/mol. The summed E-state index contributed by atoms with van der Waals surface area (Å²) in [5.74, 6) is 5.74. The van der Waals surface area contributed by atoms with Crippen LogP contribution in [0.1, 0.15) is 19.8 Å². The van der Waals surface area contributed by atoms with Gasteiger partial charge in [0, 0.05) is 5.71 Å². The van der Waals surface area contributed by atoms with Crippen LogP contribution in [0.4, 0.5) is 0 Å². The first-order chi connectivity index (χ1) is 3.34. The van der Waals surface area contributed by atoms with Crippen molar-refractivity contribution in [1.29, 1.82) is 0 Å². The van der Waals surface area contributed by atoms with E-state index in [0.29, 0.717) is 0 Å². The highest BCUT2D eigenvalue weighted by Gasteiger charge is 2.23. The van der Waals surface area contributed by atoms with Gasteiger partial charge < -0.3 is 5.84 Å². The molecule has 0 heterocycles. The van der Waals surface area contributed by atoms with Crippen LogP contribution in [0.3, 0.4) is 0 Å². The first-order valence-corrected chi connectivity index (χ1v) is 2.59. The zero-order valence-electron chi connectivity index (χ0n) is 4.52. The van der Waals surface area contributed by atoms with E-state index in [4.69, 9.17) is 5.84 Å². The maximum absolute atomic E-state index is 5.00. The van der Waals surface area contributed by atoms with Gasteiger partial charge in [0.25, 0.3) is 0 Å². The van der Waals surface area contributed by atoms with Gasteiger partial charge in [0.15, 0.2) is 0 Å². The molecular weight excluding hydrogens is 88.1 g/mol. The van der Waals surface area contributed by atoms with E-state index in [9.17, 15) is 0 Å². The molecule has 0 amide bonds. The molecule has 7 heavy (non-hydrogen) atoms. The highest BCUT2D eigenvalue weighted by molar-refractivity contribution is 5.85. The van der Waals surface area contributed by atoms with Crippen LogP contribution in [0.2, 0.25) is 0 Å². The summed E-state index contributed by atoms with van der Waals surface area (Å²) >= 11 is 0. The molecule has 0 unspecified atom stereocenters. The Morgan fingerprint density at radius 3 is 2.43 bits per heavy atom. The Balaban J connectivity index is 2.37. The number of rotatable bonds is 1.